The van der Waals surface area contributed by atoms with Crippen LogP contribution in [0.4, 0.5) is 10.5 Å². The van der Waals surface area contributed by atoms with Gasteiger partial charge in [-0.15, -0.1) is 0 Å². The maximum Gasteiger partial charge on any atom is 0.412 e. The van der Waals surface area contributed by atoms with E-state index >= 15 is 0 Å². The highest BCUT2D eigenvalue weighted by molar-refractivity contribution is 7.07. The Morgan fingerprint density at radius 1 is 1.19 bits per heavy atom. The van der Waals surface area contributed by atoms with Crippen LogP contribution >= 0.6 is 11.3 Å². The number of benzene rings is 1. The average molecular weight is 375 g/mol. The maximum atomic E-state index is 12.3. The zero-order valence-corrected chi connectivity index (χ0v) is 16.5. The monoisotopic (exact) mass is 374 g/mol. The van der Waals surface area contributed by atoms with Gasteiger partial charge in [0, 0.05) is 11.7 Å². The molecular weight excluding hydrogens is 348 g/mol. The Hall–Kier alpha value is -2.34. The summed E-state index contributed by atoms with van der Waals surface area (Å²) < 4.78 is 5.24. The van der Waals surface area contributed by atoms with Gasteiger partial charge in [0.1, 0.15) is 5.60 Å². The molecule has 5 nitrogen and oxygen atoms in total. The van der Waals surface area contributed by atoms with Crippen molar-refractivity contribution in [3.05, 3.63) is 52.2 Å². The fourth-order valence-corrected chi connectivity index (χ4v) is 3.19. The van der Waals surface area contributed by atoms with Gasteiger partial charge in [0.2, 0.25) is 5.91 Å². The van der Waals surface area contributed by atoms with E-state index in [0.29, 0.717) is 5.69 Å². The molecule has 1 heterocycles. The van der Waals surface area contributed by atoms with E-state index < -0.39 is 11.7 Å². The number of anilines is 1. The van der Waals surface area contributed by atoms with Gasteiger partial charge in [-0.1, -0.05) is 12.1 Å². The summed E-state index contributed by atoms with van der Waals surface area (Å²) in [5, 5.41) is 9.83. The lowest BCUT2D eigenvalue weighted by atomic mass is 10.1. The van der Waals surface area contributed by atoms with E-state index in [4.69, 9.17) is 4.74 Å². The van der Waals surface area contributed by atoms with Gasteiger partial charge in [-0.25, -0.2) is 4.79 Å². The van der Waals surface area contributed by atoms with Gasteiger partial charge in [0.25, 0.3) is 0 Å². The molecule has 0 radical (unpaired) electrons. The number of amides is 2. The summed E-state index contributed by atoms with van der Waals surface area (Å²) in [6.45, 7) is 7.43. The first-order valence-corrected chi connectivity index (χ1v) is 9.55. The molecule has 0 aliphatic carbocycles. The zero-order chi connectivity index (χ0) is 19.2. The molecule has 0 bridgehead atoms. The number of thiophene rings is 1. The Bertz CT molecular complexity index is 736. The third kappa shape index (κ3) is 7.27. The van der Waals surface area contributed by atoms with Crippen LogP contribution in [-0.4, -0.2) is 23.6 Å². The van der Waals surface area contributed by atoms with Crippen molar-refractivity contribution in [3.8, 4) is 0 Å². The predicted octanol–water partition coefficient (Wildman–Crippen LogP) is 4.39. The Morgan fingerprint density at radius 3 is 2.62 bits per heavy atom. The molecule has 1 aromatic carbocycles. The first-order chi connectivity index (χ1) is 12.2. The van der Waals surface area contributed by atoms with Crippen LogP contribution in [0.2, 0.25) is 0 Å². The third-order valence-electron chi connectivity index (χ3n) is 3.47. The molecule has 1 aromatic heterocycles. The lowest BCUT2D eigenvalue weighted by molar-refractivity contribution is -0.121. The van der Waals surface area contributed by atoms with Gasteiger partial charge < -0.3 is 10.1 Å². The second-order valence-corrected chi connectivity index (χ2v) is 8.09. The first-order valence-electron chi connectivity index (χ1n) is 8.60. The molecule has 2 amide bonds. The fourth-order valence-electron chi connectivity index (χ4n) is 2.51. The highest BCUT2D eigenvalue weighted by atomic mass is 32.1. The van der Waals surface area contributed by atoms with Gasteiger partial charge in [0.15, 0.2) is 0 Å². The Morgan fingerprint density at radius 2 is 1.96 bits per heavy atom. The minimum atomic E-state index is -0.555. The van der Waals surface area contributed by atoms with Crippen LogP contribution in [0, 0.1) is 0 Å². The number of hydrogen-bond donors (Lipinski definition) is 2. The van der Waals surface area contributed by atoms with Crippen LogP contribution in [0.15, 0.2) is 41.1 Å². The molecule has 0 aliphatic rings. The standard InChI is InChI=1S/C20H26N2O3S/c1-14(10-16-8-9-26-13-16)21-18(23)12-15-6-5-7-17(11-15)22-19(24)25-20(2,3)4/h5-9,11,13-14H,10,12H2,1-4H3,(H,21,23)(H,22,24)/t14-/m1/s1. The Balaban J connectivity index is 1.87. The number of rotatable bonds is 6. The zero-order valence-electron chi connectivity index (χ0n) is 15.7. The van der Waals surface area contributed by atoms with Crippen LogP contribution in [0.5, 0.6) is 0 Å². The Kier molecular flexibility index (Phi) is 6.80. The molecule has 1 atom stereocenters. The minimum Gasteiger partial charge on any atom is -0.444 e. The van der Waals surface area contributed by atoms with Gasteiger partial charge in [-0.2, -0.15) is 11.3 Å². The summed E-state index contributed by atoms with van der Waals surface area (Å²) in [7, 11) is 0. The van der Waals surface area contributed by atoms with Crippen LogP contribution < -0.4 is 10.6 Å². The molecule has 0 fully saturated rings. The largest absolute Gasteiger partial charge is 0.444 e. The molecule has 2 rings (SSSR count). The summed E-state index contributed by atoms with van der Waals surface area (Å²) in [6.07, 6.45) is 0.566. The van der Waals surface area contributed by atoms with Crippen LogP contribution in [0.25, 0.3) is 0 Å². The maximum absolute atomic E-state index is 12.3. The number of carbonyl (C=O) groups excluding carboxylic acids is 2. The quantitative estimate of drug-likeness (QED) is 0.788. The summed E-state index contributed by atoms with van der Waals surface area (Å²) in [6, 6.07) is 9.37. The van der Waals surface area contributed by atoms with Crippen molar-refractivity contribution in [1.82, 2.24) is 5.32 Å². The SMILES string of the molecule is C[C@H](Cc1ccsc1)NC(=O)Cc1cccc(NC(=O)OC(C)(C)C)c1. The molecule has 0 saturated heterocycles. The molecule has 2 aromatic rings. The highest BCUT2D eigenvalue weighted by Gasteiger charge is 2.16. The third-order valence-corrected chi connectivity index (χ3v) is 4.20. The summed E-state index contributed by atoms with van der Waals surface area (Å²) in [4.78, 5) is 24.1. The number of hydrogen-bond acceptors (Lipinski definition) is 4. The predicted molar refractivity (Wildman–Crippen MR) is 106 cm³/mol. The van der Waals surface area contributed by atoms with Crippen molar-refractivity contribution in [2.24, 2.45) is 0 Å². The van der Waals surface area contributed by atoms with E-state index in [0.717, 1.165) is 12.0 Å². The van der Waals surface area contributed by atoms with Crippen LogP contribution in [0.1, 0.15) is 38.8 Å². The second kappa shape index (κ2) is 8.85. The van der Waals surface area contributed by atoms with Crippen molar-refractivity contribution in [1.29, 1.82) is 0 Å². The van der Waals surface area contributed by atoms with E-state index in [1.54, 1.807) is 23.5 Å². The Labute approximate surface area is 158 Å². The summed E-state index contributed by atoms with van der Waals surface area (Å²) >= 11 is 1.66. The van der Waals surface area contributed by atoms with Crippen molar-refractivity contribution < 1.29 is 14.3 Å². The summed E-state index contributed by atoms with van der Waals surface area (Å²) in [5.74, 6) is -0.0397. The normalized spacial score (nSPS) is 12.3. The van der Waals surface area contributed by atoms with E-state index in [2.05, 4.69) is 22.1 Å². The van der Waals surface area contributed by atoms with E-state index in [9.17, 15) is 9.59 Å². The number of carbonyl (C=O) groups is 2. The van der Waals surface area contributed by atoms with Crippen molar-refractivity contribution in [2.75, 3.05) is 5.32 Å². The van der Waals surface area contributed by atoms with E-state index in [-0.39, 0.29) is 18.4 Å². The molecule has 6 heteroatoms. The van der Waals surface area contributed by atoms with Crippen molar-refractivity contribution in [3.63, 3.8) is 0 Å². The fraction of sp³-hybridized carbons (Fsp3) is 0.400. The second-order valence-electron chi connectivity index (χ2n) is 7.31. The van der Waals surface area contributed by atoms with E-state index in [1.807, 2.05) is 45.2 Å². The topological polar surface area (TPSA) is 67.4 Å². The lowest BCUT2D eigenvalue weighted by Gasteiger charge is -2.19. The van der Waals surface area contributed by atoms with Crippen molar-refractivity contribution >= 4 is 29.0 Å². The molecule has 0 aliphatic heterocycles. The van der Waals surface area contributed by atoms with Crippen molar-refractivity contribution in [2.45, 2.75) is 52.2 Å². The number of nitrogens with one attached hydrogen (secondary N) is 2. The van der Waals surface area contributed by atoms with Crippen LogP contribution in [0.3, 0.4) is 0 Å². The molecular formula is C20H26N2O3S. The van der Waals surface area contributed by atoms with E-state index in [1.165, 1.54) is 5.56 Å². The van der Waals surface area contributed by atoms with Crippen LogP contribution in [-0.2, 0) is 22.4 Å². The first kappa shape index (κ1) is 20.0. The molecule has 0 unspecified atom stereocenters. The highest BCUT2D eigenvalue weighted by Crippen LogP contribution is 2.14. The van der Waals surface area contributed by atoms with Gasteiger partial charge in [-0.3, -0.25) is 10.1 Å². The summed E-state index contributed by atoms with van der Waals surface area (Å²) in [5.41, 5.74) is 2.11. The smallest absolute Gasteiger partial charge is 0.412 e. The minimum absolute atomic E-state index is 0.0397. The molecule has 0 saturated carbocycles. The lowest BCUT2D eigenvalue weighted by Crippen LogP contribution is -2.35. The number of ether oxygens (including phenoxy) is 1. The molecule has 0 spiro atoms. The van der Waals surface area contributed by atoms with Gasteiger partial charge in [-0.05, 0) is 74.2 Å². The van der Waals surface area contributed by atoms with Gasteiger partial charge >= 0.3 is 6.09 Å². The molecule has 26 heavy (non-hydrogen) atoms. The van der Waals surface area contributed by atoms with Gasteiger partial charge in [0.05, 0.1) is 6.42 Å². The molecule has 2 N–H and O–H groups in total. The molecule has 140 valence electrons. The average Bonchev–Trinajstić information content (AvgIpc) is 2.97.